The Kier molecular flexibility index (Phi) is 1.97. The van der Waals surface area contributed by atoms with E-state index in [1.165, 1.54) is 0 Å². The van der Waals surface area contributed by atoms with Gasteiger partial charge >= 0.3 is 0 Å². The average molecular weight is 176 g/mol. The van der Waals surface area contributed by atoms with Gasteiger partial charge in [0, 0.05) is 0 Å². The maximum Gasteiger partial charge on any atom is 0.162 e. The Balaban J connectivity index is 2.24. The molecule has 13 heavy (non-hydrogen) atoms. The molecule has 1 atom stereocenters. The van der Waals surface area contributed by atoms with Gasteiger partial charge in [-0.25, -0.2) is 0 Å². The fraction of sp³-hybridized carbons (Fsp3) is 0.273. The van der Waals surface area contributed by atoms with Crippen molar-refractivity contribution in [2.75, 3.05) is 6.61 Å². The average Bonchev–Trinajstić information content (AvgIpc) is 2.17. The van der Waals surface area contributed by atoms with Gasteiger partial charge in [0.1, 0.15) is 6.61 Å². The topological polar surface area (TPSA) is 18.5 Å². The van der Waals surface area contributed by atoms with E-state index < -0.39 is 0 Å². The monoisotopic (exact) mass is 176 g/mol. The molecule has 0 fully saturated rings. The first-order valence-electron chi connectivity index (χ1n) is 4.31. The maximum absolute atomic E-state index is 5.67. The maximum atomic E-state index is 5.67. The first kappa shape index (κ1) is 8.17. The minimum absolute atomic E-state index is 0.00472. The molecule has 1 aliphatic rings. The summed E-state index contributed by atoms with van der Waals surface area (Å²) < 4.78 is 11.2. The van der Waals surface area contributed by atoms with Gasteiger partial charge < -0.3 is 9.47 Å². The van der Waals surface area contributed by atoms with E-state index in [2.05, 4.69) is 6.58 Å². The van der Waals surface area contributed by atoms with Crippen LogP contribution in [0.15, 0.2) is 36.4 Å². The van der Waals surface area contributed by atoms with E-state index in [0.29, 0.717) is 6.61 Å². The second kappa shape index (κ2) is 3.13. The first-order valence-corrected chi connectivity index (χ1v) is 4.31. The van der Waals surface area contributed by atoms with Crippen LogP contribution in [0.3, 0.4) is 0 Å². The van der Waals surface area contributed by atoms with E-state index in [1.54, 1.807) is 0 Å². The van der Waals surface area contributed by atoms with Crippen LogP contribution in [0, 0.1) is 0 Å². The molecule has 1 aromatic carbocycles. The third-order valence-electron chi connectivity index (χ3n) is 2.06. The Morgan fingerprint density at radius 1 is 1.38 bits per heavy atom. The molecule has 0 saturated heterocycles. The van der Waals surface area contributed by atoms with Crippen molar-refractivity contribution >= 4 is 0 Å². The van der Waals surface area contributed by atoms with E-state index in [0.717, 1.165) is 17.1 Å². The van der Waals surface area contributed by atoms with Crippen molar-refractivity contribution in [1.29, 1.82) is 0 Å². The molecule has 0 amide bonds. The lowest BCUT2D eigenvalue weighted by molar-refractivity contribution is 0.115. The number of hydrogen-bond acceptors (Lipinski definition) is 2. The number of ether oxygens (including phenoxy) is 2. The molecule has 0 aromatic heterocycles. The Morgan fingerprint density at radius 3 is 2.77 bits per heavy atom. The fourth-order valence-corrected chi connectivity index (χ4v) is 1.26. The van der Waals surface area contributed by atoms with E-state index in [9.17, 15) is 0 Å². The molecular formula is C11H12O2. The molecule has 0 radical (unpaired) electrons. The minimum Gasteiger partial charge on any atom is -0.485 e. The van der Waals surface area contributed by atoms with E-state index in [-0.39, 0.29) is 6.10 Å². The van der Waals surface area contributed by atoms with Crippen molar-refractivity contribution in [2.24, 2.45) is 0 Å². The normalized spacial score (nSPS) is 19.6. The molecule has 1 aromatic rings. The summed E-state index contributed by atoms with van der Waals surface area (Å²) >= 11 is 0. The summed E-state index contributed by atoms with van der Waals surface area (Å²) in [6, 6.07) is 7.68. The number of rotatable bonds is 1. The van der Waals surface area contributed by atoms with Gasteiger partial charge in [-0.3, -0.25) is 0 Å². The van der Waals surface area contributed by atoms with Gasteiger partial charge in [-0.2, -0.15) is 0 Å². The van der Waals surface area contributed by atoms with Crippen LogP contribution in [0.25, 0.3) is 0 Å². The number of fused-ring (bicyclic) bond motifs is 1. The molecule has 1 unspecified atom stereocenters. The second-order valence-electron chi connectivity index (χ2n) is 3.21. The standard InChI is InChI=1S/C11H12O2/c1-8(2)11-7-12-9-5-3-4-6-10(9)13-11/h3-6,11H,1,7H2,2H3. The summed E-state index contributed by atoms with van der Waals surface area (Å²) in [6.07, 6.45) is -0.00472. The van der Waals surface area contributed by atoms with E-state index in [1.807, 2.05) is 31.2 Å². The molecule has 0 aliphatic carbocycles. The van der Waals surface area contributed by atoms with Gasteiger partial charge in [0.25, 0.3) is 0 Å². The SMILES string of the molecule is C=C(C)C1COc2ccccc2O1. The number of benzene rings is 1. The highest BCUT2D eigenvalue weighted by Crippen LogP contribution is 2.31. The predicted octanol–water partition coefficient (Wildman–Crippen LogP) is 2.40. The molecular weight excluding hydrogens is 164 g/mol. The molecule has 0 saturated carbocycles. The molecule has 0 bridgehead atoms. The third-order valence-corrected chi connectivity index (χ3v) is 2.06. The lowest BCUT2D eigenvalue weighted by Gasteiger charge is -2.26. The lowest BCUT2D eigenvalue weighted by atomic mass is 10.2. The molecule has 68 valence electrons. The van der Waals surface area contributed by atoms with Crippen molar-refractivity contribution in [3.05, 3.63) is 36.4 Å². The van der Waals surface area contributed by atoms with Crippen LogP contribution in [0.5, 0.6) is 11.5 Å². The van der Waals surface area contributed by atoms with E-state index in [4.69, 9.17) is 9.47 Å². The molecule has 2 rings (SSSR count). The van der Waals surface area contributed by atoms with Crippen molar-refractivity contribution in [1.82, 2.24) is 0 Å². The highest BCUT2D eigenvalue weighted by atomic mass is 16.6. The lowest BCUT2D eigenvalue weighted by Crippen LogP contribution is -2.29. The zero-order valence-corrected chi connectivity index (χ0v) is 7.62. The van der Waals surface area contributed by atoms with Crippen LogP contribution in [-0.2, 0) is 0 Å². The summed E-state index contributed by atoms with van der Waals surface area (Å²) in [5.74, 6) is 1.63. The van der Waals surface area contributed by atoms with Crippen LogP contribution in [0.4, 0.5) is 0 Å². The summed E-state index contributed by atoms with van der Waals surface area (Å²) in [5.41, 5.74) is 0.995. The van der Waals surface area contributed by atoms with Crippen molar-refractivity contribution in [2.45, 2.75) is 13.0 Å². The van der Waals surface area contributed by atoms with E-state index >= 15 is 0 Å². The van der Waals surface area contributed by atoms with Gasteiger partial charge in [0.2, 0.25) is 0 Å². The molecule has 2 nitrogen and oxygen atoms in total. The van der Waals surface area contributed by atoms with Crippen molar-refractivity contribution < 1.29 is 9.47 Å². The van der Waals surface area contributed by atoms with Crippen LogP contribution in [-0.4, -0.2) is 12.7 Å². The largest absolute Gasteiger partial charge is 0.485 e. The first-order chi connectivity index (χ1) is 6.27. The Morgan fingerprint density at radius 2 is 2.08 bits per heavy atom. The molecule has 1 heterocycles. The minimum atomic E-state index is -0.00472. The smallest absolute Gasteiger partial charge is 0.162 e. The van der Waals surface area contributed by atoms with Crippen LogP contribution in [0.1, 0.15) is 6.92 Å². The van der Waals surface area contributed by atoms with Crippen LogP contribution >= 0.6 is 0 Å². The van der Waals surface area contributed by atoms with Crippen LogP contribution < -0.4 is 9.47 Å². The zero-order valence-electron chi connectivity index (χ0n) is 7.62. The zero-order chi connectivity index (χ0) is 9.26. The number of hydrogen-bond donors (Lipinski definition) is 0. The van der Waals surface area contributed by atoms with Gasteiger partial charge in [0.15, 0.2) is 17.6 Å². The van der Waals surface area contributed by atoms with Gasteiger partial charge in [-0.1, -0.05) is 18.7 Å². The Hall–Kier alpha value is -1.44. The van der Waals surface area contributed by atoms with Gasteiger partial charge in [-0.15, -0.1) is 0 Å². The predicted molar refractivity (Wildman–Crippen MR) is 51.2 cm³/mol. The Labute approximate surface area is 77.8 Å². The summed E-state index contributed by atoms with van der Waals surface area (Å²) in [5, 5.41) is 0. The van der Waals surface area contributed by atoms with Gasteiger partial charge in [0.05, 0.1) is 0 Å². The third kappa shape index (κ3) is 1.52. The summed E-state index contributed by atoms with van der Waals surface area (Å²) in [6.45, 7) is 6.35. The quantitative estimate of drug-likeness (QED) is 0.612. The highest BCUT2D eigenvalue weighted by molar-refractivity contribution is 5.41. The van der Waals surface area contributed by atoms with Crippen molar-refractivity contribution in [3.8, 4) is 11.5 Å². The molecule has 1 aliphatic heterocycles. The summed E-state index contributed by atoms with van der Waals surface area (Å²) in [4.78, 5) is 0. The number of para-hydroxylation sites is 2. The second-order valence-corrected chi connectivity index (χ2v) is 3.21. The fourth-order valence-electron chi connectivity index (χ4n) is 1.26. The highest BCUT2D eigenvalue weighted by Gasteiger charge is 2.20. The summed E-state index contributed by atoms with van der Waals surface area (Å²) in [7, 11) is 0. The molecule has 0 spiro atoms. The van der Waals surface area contributed by atoms with Crippen LogP contribution in [0.2, 0.25) is 0 Å². The Bertz CT molecular complexity index is 331. The van der Waals surface area contributed by atoms with Crippen molar-refractivity contribution in [3.63, 3.8) is 0 Å². The molecule has 2 heteroatoms. The molecule has 0 N–H and O–H groups in total. The van der Waals surface area contributed by atoms with Gasteiger partial charge in [-0.05, 0) is 24.6 Å².